The maximum Gasteiger partial charge on any atom is 0.330 e. The van der Waals surface area contributed by atoms with E-state index in [0.29, 0.717) is 16.7 Å². The number of rotatable bonds is 5. The minimum atomic E-state index is -0.465. The van der Waals surface area contributed by atoms with Crippen LogP contribution in [0.25, 0.3) is 0 Å². The molecule has 3 heteroatoms. The van der Waals surface area contributed by atoms with Crippen LogP contribution in [-0.4, -0.2) is 23.8 Å². The van der Waals surface area contributed by atoms with Crippen molar-refractivity contribution in [3.05, 3.63) is 23.8 Å². The second-order valence-corrected chi connectivity index (χ2v) is 11.9. The molecule has 31 heavy (non-hydrogen) atoms. The van der Waals surface area contributed by atoms with Crippen molar-refractivity contribution in [3.8, 4) is 0 Å². The van der Waals surface area contributed by atoms with Crippen molar-refractivity contribution in [1.82, 2.24) is 0 Å². The number of fused-ring (bicyclic) bond motifs is 5. The molecule has 1 N–H and O–H groups in total. The van der Waals surface area contributed by atoms with Gasteiger partial charge in [0.15, 0.2) is 0 Å². The van der Waals surface area contributed by atoms with Crippen molar-refractivity contribution < 1.29 is 14.6 Å². The molecule has 8 atom stereocenters. The average molecular weight is 429 g/mol. The van der Waals surface area contributed by atoms with Crippen molar-refractivity contribution in [2.75, 3.05) is 7.11 Å². The molecule has 0 spiro atoms. The van der Waals surface area contributed by atoms with Crippen molar-refractivity contribution in [3.63, 3.8) is 0 Å². The Morgan fingerprint density at radius 1 is 1.23 bits per heavy atom. The van der Waals surface area contributed by atoms with Gasteiger partial charge in [-0.1, -0.05) is 45.4 Å². The van der Waals surface area contributed by atoms with Crippen molar-refractivity contribution in [2.45, 2.75) is 97.5 Å². The predicted octanol–water partition coefficient (Wildman–Crippen LogP) is 6.46. The number of allylic oxidation sites excluding steroid dienone is 2. The Kier molecular flexibility index (Phi) is 6.22. The topological polar surface area (TPSA) is 46.5 Å². The lowest BCUT2D eigenvalue weighted by Gasteiger charge is -2.59. The second kappa shape index (κ2) is 8.36. The first-order chi connectivity index (χ1) is 14.7. The highest BCUT2D eigenvalue weighted by Gasteiger charge is 2.59. The zero-order valence-corrected chi connectivity index (χ0v) is 20.5. The Morgan fingerprint density at radius 2 is 2.00 bits per heavy atom. The van der Waals surface area contributed by atoms with Crippen molar-refractivity contribution >= 4 is 5.97 Å². The van der Waals surface area contributed by atoms with Crippen LogP contribution in [0.3, 0.4) is 0 Å². The van der Waals surface area contributed by atoms with E-state index in [1.807, 2.05) is 6.08 Å². The molecule has 4 rings (SSSR count). The van der Waals surface area contributed by atoms with E-state index >= 15 is 0 Å². The first-order valence-corrected chi connectivity index (χ1v) is 12.8. The van der Waals surface area contributed by atoms with Crippen molar-refractivity contribution in [2.24, 2.45) is 40.4 Å². The summed E-state index contributed by atoms with van der Waals surface area (Å²) in [6.07, 6.45) is 17.6. The van der Waals surface area contributed by atoms with Gasteiger partial charge >= 0.3 is 5.97 Å². The first-order valence-electron chi connectivity index (χ1n) is 12.8. The van der Waals surface area contributed by atoms with Crippen LogP contribution in [0.4, 0.5) is 0 Å². The minimum absolute atomic E-state index is 0.247. The molecule has 0 radical (unpaired) electrons. The molecule has 0 aliphatic heterocycles. The molecule has 3 nitrogen and oxygen atoms in total. The molecular weight excluding hydrogens is 384 g/mol. The maximum absolute atomic E-state index is 11.4. The predicted molar refractivity (Wildman–Crippen MR) is 125 cm³/mol. The summed E-state index contributed by atoms with van der Waals surface area (Å²) in [4.78, 5) is 11.4. The Labute approximate surface area is 189 Å². The van der Waals surface area contributed by atoms with E-state index < -0.39 is 5.60 Å². The van der Waals surface area contributed by atoms with Gasteiger partial charge in [-0.15, -0.1) is 0 Å². The summed E-state index contributed by atoms with van der Waals surface area (Å²) in [7, 11) is 1.44. The van der Waals surface area contributed by atoms with Gasteiger partial charge in [-0.25, -0.2) is 4.79 Å². The molecule has 0 heterocycles. The van der Waals surface area contributed by atoms with E-state index in [0.717, 1.165) is 55.8 Å². The van der Waals surface area contributed by atoms with Gasteiger partial charge in [0.2, 0.25) is 0 Å². The van der Waals surface area contributed by atoms with E-state index in [9.17, 15) is 9.90 Å². The maximum atomic E-state index is 11.4. The van der Waals surface area contributed by atoms with Gasteiger partial charge in [-0.2, -0.15) is 0 Å². The average Bonchev–Trinajstić information content (AvgIpc) is 3.11. The smallest absolute Gasteiger partial charge is 0.330 e. The van der Waals surface area contributed by atoms with Crippen LogP contribution in [0.5, 0.6) is 0 Å². The lowest BCUT2D eigenvalue weighted by atomic mass is 9.46. The van der Waals surface area contributed by atoms with Crippen LogP contribution in [0.15, 0.2) is 23.8 Å². The molecule has 4 aliphatic carbocycles. The van der Waals surface area contributed by atoms with Crippen LogP contribution in [0.2, 0.25) is 0 Å². The number of aliphatic hydroxyl groups is 1. The first kappa shape index (κ1) is 23.1. The highest BCUT2D eigenvalue weighted by atomic mass is 16.5. The molecule has 3 fully saturated rings. The van der Waals surface area contributed by atoms with E-state index in [2.05, 4.69) is 33.8 Å². The van der Waals surface area contributed by atoms with E-state index in [4.69, 9.17) is 4.74 Å². The van der Waals surface area contributed by atoms with Crippen LogP contribution >= 0.6 is 0 Å². The van der Waals surface area contributed by atoms with Gasteiger partial charge in [0.25, 0.3) is 0 Å². The summed E-state index contributed by atoms with van der Waals surface area (Å²) in [6.45, 7) is 9.64. The normalized spacial score (nSPS) is 45.4. The third kappa shape index (κ3) is 3.83. The molecule has 0 aromatic rings. The molecule has 0 amide bonds. The molecule has 3 saturated carbocycles. The van der Waals surface area contributed by atoms with E-state index in [1.165, 1.54) is 39.2 Å². The summed E-state index contributed by atoms with van der Waals surface area (Å²) >= 11 is 0. The summed E-state index contributed by atoms with van der Waals surface area (Å²) in [5.41, 5.74) is 1.84. The summed E-state index contributed by atoms with van der Waals surface area (Å²) in [6, 6.07) is 0. The Morgan fingerprint density at radius 3 is 2.71 bits per heavy atom. The van der Waals surface area contributed by atoms with Gasteiger partial charge in [0.1, 0.15) is 0 Å². The zero-order chi connectivity index (χ0) is 22.4. The van der Waals surface area contributed by atoms with E-state index in [-0.39, 0.29) is 5.97 Å². The number of methoxy groups -OCH3 is 1. The highest BCUT2D eigenvalue weighted by Crippen LogP contribution is 2.67. The molecule has 0 aromatic carbocycles. The third-order valence-electron chi connectivity index (χ3n) is 10.6. The third-order valence-corrected chi connectivity index (χ3v) is 10.6. The summed E-state index contributed by atoms with van der Waals surface area (Å²) < 4.78 is 4.75. The summed E-state index contributed by atoms with van der Waals surface area (Å²) in [5.74, 6) is 3.53. The van der Waals surface area contributed by atoms with Crippen LogP contribution < -0.4 is 0 Å². The highest BCUT2D eigenvalue weighted by molar-refractivity contribution is 5.81. The molecule has 174 valence electrons. The van der Waals surface area contributed by atoms with Gasteiger partial charge < -0.3 is 9.84 Å². The molecule has 4 aliphatic rings. The van der Waals surface area contributed by atoms with Crippen molar-refractivity contribution in [1.29, 1.82) is 0 Å². The van der Waals surface area contributed by atoms with Gasteiger partial charge in [-0.05, 0) is 105 Å². The number of esters is 1. The molecule has 0 saturated heterocycles. The lowest BCUT2D eigenvalue weighted by molar-refractivity contribution is -0.134. The fourth-order valence-electron chi connectivity index (χ4n) is 8.60. The zero-order valence-electron chi connectivity index (χ0n) is 20.5. The standard InChI is InChI=1S/C28H44O3/c1-6-28(30)17-16-26(3)20(18-28)10-11-21-23-13-12-22(27(23,4)15-14-24(21)26)19(2)8-7-9-25(29)31-5/h7,9-10,19,21-24,30H,6,8,11-18H2,1-5H3/b9-7-/t19-,21+,22-,23+,24+,26+,27-,28+/m1/s1. The second-order valence-electron chi connectivity index (χ2n) is 11.9. The van der Waals surface area contributed by atoms with Gasteiger partial charge in [-0.3, -0.25) is 0 Å². The number of carbonyl (C=O) groups is 1. The van der Waals surface area contributed by atoms with Gasteiger partial charge in [0, 0.05) is 6.08 Å². The van der Waals surface area contributed by atoms with Crippen LogP contribution in [0, 0.1) is 40.4 Å². The fourth-order valence-corrected chi connectivity index (χ4v) is 8.60. The number of hydrogen-bond donors (Lipinski definition) is 1. The van der Waals surface area contributed by atoms with E-state index in [1.54, 1.807) is 11.6 Å². The minimum Gasteiger partial charge on any atom is -0.466 e. The SMILES string of the molecule is CC[C@]1(O)CC[C@@]2(C)C(=CC[C@H]3[C@@H]4CC[C@H]([C@H](C)C/C=C\C(=O)OC)[C@@]4(C)CC[C@@H]32)C1. The molecule has 0 aromatic heterocycles. The summed E-state index contributed by atoms with van der Waals surface area (Å²) in [5, 5.41) is 11.0. The van der Waals surface area contributed by atoms with Crippen LogP contribution in [-0.2, 0) is 9.53 Å². The van der Waals surface area contributed by atoms with Crippen LogP contribution in [0.1, 0.15) is 91.9 Å². The molecule has 0 unspecified atom stereocenters. The Balaban J connectivity index is 1.50. The fraction of sp³-hybridized carbons (Fsp3) is 0.821. The van der Waals surface area contributed by atoms with Gasteiger partial charge in [0.05, 0.1) is 12.7 Å². The number of hydrogen-bond acceptors (Lipinski definition) is 3. The number of ether oxygens (including phenoxy) is 1. The monoisotopic (exact) mass is 428 g/mol. The quantitative estimate of drug-likeness (QED) is 0.310. The molecule has 0 bridgehead atoms. The largest absolute Gasteiger partial charge is 0.466 e. The Hall–Kier alpha value is -1.09. The Bertz CT molecular complexity index is 753. The molecular formula is C28H44O3. The number of carbonyl (C=O) groups excluding carboxylic acids is 1. The lowest BCUT2D eigenvalue weighted by Crippen LogP contribution is -2.52.